The summed E-state index contributed by atoms with van der Waals surface area (Å²) in [5.74, 6) is -0.650. The van der Waals surface area contributed by atoms with Crippen LogP contribution in [0.4, 0.5) is 10.1 Å². The summed E-state index contributed by atoms with van der Waals surface area (Å²) in [6.45, 7) is 3.69. The average molecular weight is 422 g/mol. The Balaban J connectivity index is 0.00000117. The van der Waals surface area contributed by atoms with E-state index in [-0.39, 0.29) is 28.8 Å². The summed E-state index contributed by atoms with van der Waals surface area (Å²) in [4.78, 5) is 39.2. The van der Waals surface area contributed by atoms with Crippen molar-refractivity contribution < 1.29 is 23.8 Å². The Morgan fingerprint density at radius 1 is 1.31 bits per heavy atom. The molecule has 0 aliphatic carbocycles. The minimum absolute atomic E-state index is 0.0480. The number of aromatic nitrogens is 1. The minimum Gasteiger partial charge on any atom is -0.462 e. The van der Waals surface area contributed by atoms with Gasteiger partial charge < -0.3 is 19.3 Å². The standard InChI is InChI=1S/C19H19FN2O4S.CH4O/c1-2-26-19(25)14-17(24)11-9-13(20)16(21-5-3-4-6-21)12(10-23)15(11)22-7-8-27-18(14)22;1-2/h9-10H,2-8H2,1H3;2H,1H3. The monoisotopic (exact) mass is 422 g/mol. The molecule has 0 unspecified atom stereocenters. The summed E-state index contributed by atoms with van der Waals surface area (Å²) in [5, 5.41) is 7.54. The first-order valence-corrected chi connectivity index (χ1v) is 10.4. The lowest BCUT2D eigenvalue weighted by molar-refractivity contribution is 0.0519. The Kier molecular flexibility index (Phi) is 6.59. The van der Waals surface area contributed by atoms with Crippen LogP contribution < -0.4 is 10.3 Å². The number of thioether (sulfide) groups is 1. The van der Waals surface area contributed by atoms with Crippen LogP contribution in [0.2, 0.25) is 0 Å². The van der Waals surface area contributed by atoms with Crippen LogP contribution in [0.25, 0.3) is 10.9 Å². The second kappa shape index (κ2) is 8.96. The molecule has 7 nitrogen and oxygen atoms in total. The molecule has 2 aliphatic rings. The van der Waals surface area contributed by atoms with Gasteiger partial charge in [-0.3, -0.25) is 9.59 Å². The molecule has 2 aliphatic heterocycles. The molecule has 1 N–H and O–H groups in total. The molecule has 4 rings (SSSR count). The Morgan fingerprint density at radius 2 is 2.00 bits per heavy atom. The number of ether oxygens (including phenoxy) is 1. The van der Waals surface area contributed by atoms with E-state index < -0.39 is 17.2 Å². The summed E-state index contributed by atoms with van der Waals surface area (Å²) >= 11 is 1.38. The molecule has 1 saturated heterocycles. The molecule has 0 radical (unpaired) electrons. The van der Waals surface area contributed by atoms with E-state index in [1.54, 1.807) is 11.5 Å². The maximum atomic E-state index is 15.0. The first kappa shape index (κ1) is 21.3. The first-order valence-electron chi connectivity index (χ1n) is 9.46. The molecule has 3 heterocycles. The first-order chi connectivity index (χ1) is 14.1. The van der Waals surface area contributed by atoms with Crippen molar-refractivity contribution in [2.24, 2.45) is 0 Å². The molecule has 1 aromatic heterocycles. The van der Waals surface area contributed by atoms with Gasteiger partial charge in [0, 0.05) is 32.5 Å². The molecule has 29 heavy (non-hydrogen) atoms. The minimum atomic E-state index is -0.709. The van der Waals surface area contributed by atoms with Crippen LogP contribution in [0.15, 0.2) is 15.9 Å². The highest BCUT2D eigenvalue weighted by Gasteiger charge is 2.31. The number of aryl methyl sites for hydroxylation is 1. The summed E-state index contributed by atoms with van der Waals surface area (Å²) in [7, 11) is 1.00. The molecular weight excluding hydrogens is 399 g/mol. The summed E-state index contributed by atoms with van der Waals surface area (Å²) in [6.07, 6.45) is 2.50. The average Bonchev–Trinajstić information content (AvgIpc) is 3.41. The Labute approximate surface area is 171 Å². The molecule has 9 heteroatoms. The van der Waals surface area contributed by atoms with Crippen molar-refractivity contribution in [3.63, 3.8) is 0 Å². The van der Waals surface area contributed by atoms with Gasteiger partial charge in [-0.05, 0) is 25.8 Å². The third-order valence-corrected chi connectivity index (χ3v) is 6.12. The number of aldehydes is 1. The Hall–Kier alpha value is -2.39. The topological polar surface area (TPSA) is 88.8 Å². The predicted molar refractivity (Wildman–Crippen MR) is 110 cm³/mol. The number of fused-ring (bicyclic) bond motifs is 3. The fourth-order valence-corrected chi connectivity index (χ4v) is 5.06. The highest BCUT2D eigenvalue weighted by atomic mass is 32.2. The van der Waals surface area contributed by atoms with Gasteiger partial charge in [0.1, 0.15) is 11.4 Å². The van der Waals surface area contributed by atoms with Crippen molar-refractivity contribution in [3.8, 4) is 0 Å². The van der Waals surface area contributed by atoms with E-state index in [0.717, 1.165) is 26.0 Å². The second-order valence-corrected chi connectivity index (χ2v) is 7.64. The molecule has 1 fully saturated rings. The normalized spacial score (nSPS) is 15.1. The Morgan fingerprint density at radius 3 is 2.62 bits per heavy atom. The second-order valence-electron chi connectivity index (χ2n) is 6.56. The van der Waals surface area contributed by atoms with Crippen LogP contribution in [0, 0.1) is 5.82 Å². The van der Waals surface area contributed by atoms with E-state index in [1.165, 1.54) is 11.8 Å². The fraction of sp³-hybridized carbons (Fsp3) is 0.450. The number of pyridine rings is 1. The van der Waals surface area contributed by atoms with Crippen molar-refractivity contribution >= 4 is 40.6 Å². The van der Waals surface area contributed by atoms with Gasteiger partial charge in [-0.25, -0.2) is 9.18 Å². The molecule has 156 valence electrons. The maximum Gasteiger partial charge on any atom is 0.344 e. The number of aliphatic hydroxyl groups is 1. The zero-order valence-electron chi connectivity index (χ0n) is 16.4. The highest BCUT2D eigenvalue weighted by molar-refractivity contribution is 7.99. The lowest BCUT2D eigenvalue weighted by Gasteiger charge is -2.23. The number of esters is 1. The summed E-state index contributed by atoms with van der Waals surface area (Å²) < 4.78 is 21.8. The van der Waals surface area contributed by atoms with Crippen molar-refractivity contribution in [1.29, 1.82) is 0 Å². The fourth-order valence-electron chi connectivity index (χ4n) is 3.94. The summed E-state index contributed by atoms with van der Waals surface area (Å²) in [6, 6.07) is 1.16. The van der Waals surface area contributed by atoms with Crippen molar-refractivity contribution in [2.45, 2.75) is 31.3 Å². The van der Waals surface area contributed by atoms with Crippen LogP contribution >= 0.6 is 11.8 Å². The van der Waals surface area contributed by atoms with Crippen LogP contribution in [-0.2, 0) is 11.3 Å². The van der Waals surface area contributed by atoms with E-state index in [0.29, 0.717) is 42.2 Å². The van der Waals surface area contributed by atoms with Gasteiger partial charge in [0.05, 0.1) is 33.8 Å². The number of anilines is 1. The van der Waals surface area contributed by atoms with Gasteiger partial charge in [0.2, 0.25) is 5.43 Å². The van der Waals surface area contributed by atoms with E-state index in [1.807, 2.05) is 4.90 Å². The quantitative estimate of drug-likeness (QED) is 0.598. The number of hydrogen-bond donors (Lipinski definition) is 1. The smallest absolute Gasteiger partial charge is 0.344 e. The van der Waals surface area contributed by atoms with E-state index in [9.17, 15) is 18.8 Å². The van der Waals surface area contributed by atoms with E-state index in [2.05, 4.69) is 0 Å². The van der Waals surface area contributed by atoms with Crippen molar-refractivity contribution in [3.05, 3.63) is 33.2 Å². The maximum absolute atomic E-state index is 15.0. The number of nitrogens with zero attached hydrogens (tertiary/aromatic N) is 2. The van der Waals surface area contributed by atoms with Crippen LogP contribution in [0.1, 0.15) is 40.5 Å². The number of rotatable bonds is 4. The summed E-state index contributed by atoms with van der Waals surface area (Å²) in [5.41, 5.74) is 0.190. The molecule has 0 bridgehead atoms. The molecular formula is C20H23FN2O5S. The van der Waals surface area contributed by atoms with Crippen molar-refractivity contribution in [1.82, 2.24) is 4.57 Å². The van der Waals surface area contributed by atoms with Gasteiger partial charge in [-0.2, -0.15) is 0 Å². The van der Waals surface area contributed by atoms with Gasteiger partial charge in [-0.1, -0.05) is 0 Å². The molecule has 2 aromatic rings. The van der Waals surface area contributed by atoms with E-state index in [4.69, 9.17) is 9.84 Å². The molecule has 0 atom stereocenters. The number of benzene rings is 1. The molecule has 1 aromatic carbocycles. The number of carbonyl (C=O) groups is 2. The van der Waals surface area contributed by atoms with E-state index >= 15 is 0 Å². The number of carbonyl (C=O) groups excluding carboxylic acids is 2. The van der Waals surface area contributed by atoms with Crippen molar-refractivity contribution in [2.75, 3.05) is 37.5 Å². The zero-order valence-corrected chi connectivity index (χ0v) is 17.2. The third-order valence-electron chi connectivity index (χ3n) is 5.04. The lowest BCUT2D eigenvalue weighted by Crippen LogP contribution is -2.25. The van der Waals surface area contributed by atoms with Gasteiger partial charge in [0.25, 0.3) is 0 Å². The van der Waals surface area contributed by atoms with Crippen LogP contribution in [0.5, 0.6) is 0 Å². The SMILES string of the molecule is CCOC(=O)c1c2n(c3c(C=O)c(N4CCCC4)c(F)cc3c1=O)CCS2.CO. The van der Waals surface area contributed by atoms with Crippen LogP contribution in [-0.4, -0.2) is 54.5 Å². The van der Waals surface area contributed by atoms with Gasteiger partial charge in [0.15, 0.2) is 6.29 Å². The largest absolute Gasteiger partial charge is 0.462 e. The highest BCUT2D eigenvalue weighted by Crippen LogP contribution is 2.37. The molecule has 0 amide bonds. The third kappa shape index (κ3) is 3.53. The van der Waals surface area contributed by atoms with Gasteiger partial charge >= 0.3 is 5.97 Å². The van der Waals surface area contributed by atoms with Gasteiger partial charge in [-0.15, -0.1) is 11.8 Å². The predicted octanol–water partition coefficient (Wildman–Crippen LogP) is 2.44. The molecule has 0 saturated carbocycles. The number of hydrogen-bond acceptors (Lipinski definition) is 7. The number of halogens is 1. The number of aliphatic hydroxyl groups excluding tert-OH is 1. The zero-order chi connectivity index (χ0) is 21.1. The Bertz CT molecular complexity index is 1010. The lowest BCUT2D eigenvalue weighted by atomic mass is 10.0. The van der Waals surface area contributed by atoms with Crippen LogP contribution in [0.3, 0.4) is 0 Å². The molecule has 0 spiro atoms.